The molecule has 82 valence electrons. The number of rotatable bonds is 6. The lowest BCUT2D eigenvalue weighted by molar-refractivity contribution is -0.128. The summed E-state index contributed by atoms with van der Waals surface area (Å²) in [6, 6.07) is -0.00781. The first-order valence-electron chi connectivity index (χ1n) is 5.35. The Labute approximate surface area is 85.6 Å². The Morgan fingerprint density at radius 1 is 1.57 bits per heavy atom. The van der Waals surface area contributed by atoms with Crippen LogP contribution >= 0.6 is 0 Å². The zero-order valence-electron chi connectivity index (χ0n) is 9.08. The molecule has 1 unspecified atom stereocenters. The molecule has 1 amide bonds. The molecule has 0 bridgehead atoms. The van der Waals surface area contributed by atoms with Crippen molar-refractivity contribution in [1.29, 1.82) is 0 Å². The molecule has 1 fully saturated rings. The Bertz CT molecular complexity index is 185. The molecule has 1 saturated heterocycles. The molecule has 4 heteroatoms. The van der Waals surface area contributed by atoms with E-state index in [0.29, 0.717) is 6.67 Å². The quantitative estimate of drug-likeness (QED) is 0.638. The summed E-state index contributed by atoms with van der Waals surface area (Å²) >= 11 is 0. The van der Waals surface area contributed by atoms with Crippen LogP contribution in [0.1, 0.15) is 26.7 Å². The van der Waals surface area contributed by atoms with E-state index in [0.717, 1.165) is 32.6 Å². The minimum atomic E-state index is -0.00781. The van der Waals surface area contributed by atoms with Crippen molar-refractivity contribution >= 4 is 5.91 Å². The van der Waals surface area contributed by atoms with Crippen molar-refractivity contribution in [2.45, 2.75) is 32.7 Å². The molecule has 1 heterocycles. The number of carbonyl (C=O) groups is 1. The molecule has 0 aliphatic carbocycles. The standard InChI is InChI=1S/C10H20N2O2/c1-3-6-14-7-4-5-12-8-11-9(2)10(12)13/h9,11H,3-8H2,1-2H3. The van der Waals surface area contributed by atoms with Gasteiger partial charge in [-0.05, 0) is 19.8 Å². The van der Waals surface area contributed by atoms with Gasteiger partial charge >= 0.3 is 0 Å². The number of nitrogens with one attached hydrogen (secondary N) is 1. The summed E-state index contributed by atoms with van der Waals surface area (Å²) in [5.41, 5.74) is 0. The minimum absolute atomic E-state index is 0.00781. The molecule has 1 N–H and O–H groups in total. The van der Waals surface area contributed by atoms with Gasteiger partial charge in [-0.15, -0.1) is 0 Å². The molecular formula is C10H20N2O2. The van der Waals surface area contributed by atoms with E-state index in [1.807, 2.05) is 11.8 Å². The second-order valence-electron chi connectivity index (χ2n) is 3.65. The van der Waals surface area contributed by atoms with E-state index in [1.165, 1.54) is 0 Å². The van der Waals surface area contributed by atoms with Gasteiger partial charge in [-0.1, -0.05) is 6.92 Å². The maximum absolute atomic E-state index is 11.4. The van der Waals surface area contributed by atoms with E-state index in [4.69, 9.17) is 4.74 Å². The van der Waals surface area contributed by atoms with Gasteiger partial charge in [0.1, 0.15) is 0 Å². The lowest BCUT2D eigenvalue weighted by atomic mass is 10.3. The largest absolute Gasteiger partial charge is 0.381 e. The summed E-state index contributed by atoms with van der Waals surface area (Å²) in [5, 5.41) is 3.11. The second-order valence-corrected chi connectivity index (χ2v) is 3.65. The van der Waals surface area contributed by atoms with Gasteiger partial charge < -0.3 is 9.64 Å². The fraction of sp³-hybridized carbons (Fsp3) is 0.900. The number of amides is 1. The van der Waals surface area contributed by atoms with E-state index in [9.17, 15) is 4.79 Å². The first kappa shape index (κ1) is 11.5. The van der Waals surface area contributed by atoms with Gasteiger partial charge in [0.25, 0.3) is 0 Å². The molecule has 1 aliphatic rings. The van der Waals surface area contributed by atoms with Crippen LogP contribution in [0.2, 0.25) is 0 Å². The lowest BCUT2D eigenvalue weighted by Crippen LogP contribution is -2.29. The van der Waals surface area contributed by atoms with Crippen LogP contribution in [0.15, 0.2) is 0 Å². The molecule has 0 aromatic heterocycles. The van der Waals surface area contributed by atoms with Crippen molar-refractivity contribution in [2.75, 3.05) is 26.4 Å². The molecule has 1 atom stereocenters. The highest BCUT2D eigenvalue weighted by Crippen LogP contribution is 2.03. The maximum atomic E-state index is 11.4. The van der Waals surface area contributed by atoms with Crippen molar-refractivity contribution in [3.8, 4) is 0 Å². The third-order valence-corrected chi connectivity index (χ3v) is 2.34. The van der Waals surface area contributed by atoms with Crippen LogP contribution in [0, 0.1) is 0 Å². The SMILES string of the molecule is CCCOCCCN1CNC(C)C1=O. The Balaban J connectivity index is 2.04. The highest BCUT2D eigenvalue weighted by molar-refractivity contribution is 5.83. The predicted molar refractivity (Wildman–Crippen MR) is 54.9 cm³/mol. The van der Waals surface area contributed by atoms with E-state index in [1.54, 1.807) is 0 Å². The predicted octanol–water partition coefficient (Wildman–Crippen LogP) is 0.581. The van der Waals surface area contributed by atoms with Gasteiger partial charge in [-0.3, -0.25) is 10.1 Å². The van der Waals surface area contributed by atoms with Gasteiger partial charge in [0.05, 0.1) is 12.7 Å². The fourth-order valence-electron chi connectivity index (χ4n) is 1.48. The summed E-state index contributed by atoms with van der Waals surface area (Å²) in [4.78, 5) is 13.3. The molecule has 1 aliphatic heterocycles. The van der Waals surface area contributed by atoms with Gasteiger partial charge in [-0.25, -0.2) is 0 Å². The van der Waals surface area contributed by atoms with Crippen LogP contribution in [0.3, 0.4) is 0 Å². The number of hydrogen-bond donors (Lipinski definition) is 1. The number of nitrogens with zero attached hydrogens (tertiary/aromatic N) is 1. The van der Waals surface area contributed by atoms with E-state index >= 15 is 0 Å². The number of ether oxygens (including phenoxy) is 1. The van der Waals surface area contributed by atoms with Gasteiger partial charge in [0.15, 0.2) is 0 Å². The molecule has 1 rings (SSSR count). The number of carbonyl (C=O) groups excluding carboxylic acids is 1. The summed E-state index contributed by atoms with van der Waals surface area (Å²) in [6.45, 7) is 7.06. The highest BCUT2D eigenvalue weighted by Gasteiger charge is 2.26. The molecule has 4 nitrogen and oxygen atoms in total. The average molecular weight is 200 g/mol. The van der Waals surface area contributed by atoms with Crippen molar-refractivity contribution in [1.82, 2.24) is 10.2 Å². The van der Waals surface area contributed by atoms with Crippen LogP contribution < -0.4 is 5.32 Å². The summed E-state index contributed by atoms with van der Waals surface area (Å²) in [6.07, 6.45) is 1.99. The molecule has 0 aromatic carbocycles. The van der Waals surface area contributed by atoms with Crippen LogP contribution in [-0.2, 0) is 9.53 Å². The van der Waals surface area contributed by atoms with Crippen molar-refractivity contribution < 1.29 is 9.53 Å². The molecule has 14 heavy (non-hydrogen) atoms. The van der Waals surface area contributed by atoms with E-state index < -0.39 is 0 Å². The Morgan fingerprint density at radius 3 is 2.93 bits per heavy atom. The Hall–Kier alpha value is -0.610. The number of hydrogen-bond acceptors (Lipinski definition) is 3. The summed E-state index contributed by atoms with van der Waals surface area (Å²) in [5.74, 6) is 0.209. The summed E-state index contributed by atoms with van der Waals surface area (Å²) in [7, 11) is 0. The van der Waals surface area contributed by atoms with Gasteiger partial charge in [-0.2, -0.15) is 0 Å². The first-order chi connectivity index (χ1) is 6.75. The minimum Gasteiger partial charge on any atom is -0.381 e. The topological polar surface area (TPSA) is 41.6 Å². The molecule has 0 aromatic rings. The second kappa shape index (κ2) is 5.98. The molecule has 0 spiro atoms. The van der Waals surface area contributed by atoms with Crippen molar-refractivity contribution in [3.05, 3.63) is 0 Å². The van der Waals surface area contributed by atoms with Gasteiger partial charge in [0.2, 0.25) is 5.91 Å². The maximum Gasteiger partial charge on any atom is 0.240 e. The van der Waals surface area contributed by atoms with Crippen LogP contribution in [0.25, 0.3) is 0 Å². The average Bonchev–Trinajstić information content (AvgIpc) is 2.49. The highest BCUT2D eigenvalue weighted by atomic mass is 16.5. The third kappa shape index (κ3) is 3.27. The van der Waals surface area contributed by atoms with Gasteiger partial charge in [0, 0.05) is 19.8 Å². The van der Waals surface area contributed by atoms with Crippen LogP contribution in [0.5, 0.6) is 0 Å². The third-order valence-electron chi connectivity index (χ3n) is 2.34. The van der Waals surface area contributed by atoms with E-state index in [-0.39, 0.29) is 11.9 Å². The monoisotopic (exact) mass is 200 g/mol. The van der Waals surface area contributed by atoms with Crippen LogP contribution in [-0.4, -0.2) is 43.3 Å². The smallest absolute Gasteiger partial charge is 0.240 e. The normalized spacial score (nSPS) is 22.0. The fourth-order valence-corrected chi connectivity index (χ4v) is 1.48. The van der Waals surface area contributed by atoms with Crippen molar-refractivity contribution in [2.24, 2.45) is 0 Å². The molecule has 0 saturated carbocycles. The van der Waals surface area contributed by atoms with Crippen molar-refractivity contribution in [3.63, 3.8) is 0 Å². The Kier molecular flexibility index (Phi) is 4.90. The molecule has 0 radical (unpaired) electrons. The lowest BCUT2D eigenvalue weighted by Gasteiger charge is -2.14. The Morgan fingerprint density at radius 2 is 2.36 bits per heavy atom. The van der Waals surface area contributed by atoms with E-state index in [2.05, 4.69) is 12.2 Å². The zero-order chi connectivity index (χ0) is 10.4. The molecular weight excluding hydrogens is 180 g/mol. The van der Waals surface area contributed by atoms with Crippen LogP contribution in [0.4, 0.5) is 0 Å². The zero-order valence-corrected chi connectivity index (χ0v) is 9.08. The summed E-state index contributed by atoms with van der Waals surface area (Å²) < 4.78 is 5.35. The first-order valence-corrected chi connectivity index (χ1v) is 5.35.